The van der Waals surface area contributed by atoms with E-state index in [1.54, 1.807) is 11.8 Å². The van der Waals surface area contributed by atoms with Crippen LogP contribution in [0.15, 0.2) is 0 Å². The smallest absolute Gasteiger partial charge is 0.735 e. The second-order valence-corrected chi connectivity index (χ2v) is 7.71. The maximum atomic E-state index is 10.2. The first kappa shape index (κ1) is 26.3. The first-order valence-corrected chi connectivity index (χ1v) is 9.92. The Hall–Kier alpha value is 2.05. The van der Waals surface area contributed by atoms with Crippen LogP contribution >= 0.6 is 11.8 Å². The topological polar surface area (TPSA) is 142 Å². The summed E-state index contributed by atoms with van der Waals surface area (Å²) in [6.45, 7) is 1.28. The predicted molar refractivity (Wildman–Crippen MR) is 72.2 cm³/mol. The van der Waals surface area contributed by atoms with Crippen molar-refractivity contribution in [1.29, 1.82) is 0 Å². The van der Waals surface area contributed by atoms with E-state index in [1.165, 1.54) is 5.01 Å². The fraction of sp³-hybridized carbons (Fsp3) is 1.00. The Kier molecular flexibility index (Phi) is 14.8. The van der Waals surface area contributed by atoms with Crippen LogP contribution in [-0.4, -0.2) is 61.6 Å². The van der Waals surface area contributed by atoms with Gasteiger partial charge in [0.15, 0.2) is 20.6 Å². The Morgan fingerprint density at radius 1 is 0.909 bits per heavy atom. The average Bonchev–Trinajstić information content (AvgIpc) is 2.23. The molecule has 0 aliphatic carbocycles. The molecule has 0 radical (unpaired) electrons. The van der Waals surface area contributed by atoms with Crippen LogP contribution in [0.3, 0.4) is 0 Å². The van der Waals surface area contributed by atoms with E-state index in [2.05, 4.69) is 0 Å². The minimum Gasteiger partial charge on any atom is -0.735 e. The Balaban J connectivity index is 0. The molecule has 14 heteroatoms. The molecule has 0 aromatic rings. The Labute approximate surface area is 180 Å². The van der Waals surface area contributed by atoms with Crippen molar-refractivity contribution in [2.24, 2.45) is 0 Å². The number of thioether (sulfide) groups is 1. The standard InChI is InChI=1S/C5H12N2O3S.C3H7NO3S2.2Na/c8-11(9,10)6-7-4-2-1-3-5-7;5-9(6,7)4-3-1-8-2-3;;/h6H,1-5H2,(H,8,9,10);3-4H,1-2H2,(H,5,6,7);;/q;;2*+1/p-2. The summed E-state index contributed by atoms with van der Waals surface area (Å²) in [4.78, 5) is 1.91. The summed E-state index contributed by atoms with van der Waals surface area (Å²) in [5.74, 6) is 1.45. The van der Waals surface area contributed by atoms with E-state index in [-0.39, 0.29) is 65.2 Å². The molecule has 0 spiro atoms. The van der Waals surface area contributed by atoms with E-state index in [0.29, 0.717) is 13.1 Å². The molecule has 2 rings (SSSR count). The third-order valence-corrected chi connectivity index (χ3v) is 4.93. The summed E-state index contributed by atoms with van der Waals surface area (Å²) in [6.07, 6.45) is 3.00. The summed E-state index contributed by atoms with van der Waals surface area (Å²) in [5.41, 5.74) is 0. The number of nitrogens with zero attached hydrogens (tertiary/aromatic N) is 1. The summed E-state index contributed by atoms with van der Waals surface area (Å²) in [5, 5.41) is 1.45. The van der Waals surface area contributed by atoms with Crippen LogP contribution in [0.25, 0.3) is 0 Å². The third kappa shape index (κ3) is 14.4. The van der Waals surface area contributed by atoms with Crippen LogP contribution < -0.4 is 68.7 Å². The van der Waals surface area contributed by atoms with Crippen molar-refractivity contribution in [3.63, 3.8) is 0 Å². The molecule has 2 N–H and O–H groups in total. The molecule has 0 aromatic heterocycles. The molecule has 2 aliphatic heterocycles. The second kappa shape index (κ2) is 12.4. The molecular weight excluding hydrogens is 376 g/mol. The molecule has 0 atom stereocenters. The van der Waals surface area contributed by atoms with Gasteiger partial charge in [-0.3, -0.25) is 0 Å². The second-order valence-electron chi connectivity index (χ2n) is 4.40. The first-order chi connectivity index (χ1) is 9.16. The van der Waals surface area contributed by atoms with Crippen molar-refractivity contribution in [2.75, 3.05) is 24.6 Å². The SMILES string of the molecule is O=S(=O)([O-])NC1CSC1.O=S(=O)([O-])NN1CCCCC1.[Na+].[Na+]. The van der Waals surface area contributed by atoms with E-state index >= 15 is 0 Å². The quantitative estimate of drug-likeness (QED) is 0.354. The molecule has 2 saturated heterocycles. The van der Waals surface area contributed by atoms with E-state index in [1.807, 2.05) is 9.55 Å². The summed E-state index contributed by atoms with van der Waals surface area (Å²) in [7, 11) is -8.50. The average molecular weight is 393 g/mol. The van der Waals surface area contributed by atoms with E-state index in [4.69, 9.17) is 0 Å². The Bertz CT molecular complexity index is 493. The molecule has 2 aliphatic rings. The van der Waals surface area contributed by atoms with Gasteiger partial charge in [-0.2, -0.15) is 16.6 Å². The largest absolute Gasteiger partial charge is 1.00 e. The van der Waals surface area contributed by atoms with E-state index in [9.17, 15) is 25.9 Å². The monoisotopic (exact) mass is 393 g/mol. The van der Waals surface area contributed by atoms with Gasteiger partial charge in [-0.1, -0.05) is 6.42 Å². The number of piperidine rings is 1. The molecule has 0 amide bonds. The minimum atomic E-state index is -4.30. The zero-order chi connectivity index (χ0) is 15.2. The van der Waals surface area contributed by atoms with Gasteiger partial charge in [0, 0.05) is 30.6 Å². The van der Waals surface area contributed by atoms with Gasteiger partial charge in [0.05, 0.1) is 0 Å². The van der Waals surface area contributed by atoms with Gasteiger partial charge in [-0.15, -0.1) is 0 Å². The van der Waals surface area contributed by atoms with Crippen molar-refractivity contribution in [3.8, 4) is 0 Å². The van der Waals surface area contributed by atoms with Gasteiger partial charge >= 0.3 is 59.1 Å². The number of hydrogen-bond acceptors (Lipinski definition) is 8. The first-order valence-electron chi connectivity index (χ1n) is 5.95. The normalized spacial score (nSPS) is 19.7. The van der Waals surface area contributed by atoms with Crippen LogP contribution in [0.4, 0.5) is 0 Å². The maximum Gasteiger partial charge on any atom is 1.00 e. The van der Waals surface area contributed by atoms with E-state index < -0.39 is 20.6 Å². The van der Waals surface area contributed by atoms with Gasteiger partial charge in [-0.25, -0.2) is 26.6 Å². The van der Waals surface area contributed by atoms with Gasteiger partial charge in [-0.05, 0) is 12.8 Å². The third-order valence-electron chi connectivity index (χ3n) is 2.55. The number of rotatable bonds is 4. The molecule has 22 heavy (non-hydrogen) atoms. The van der Waals surface area contributed by atoms with Gasteiger partial charge in [0.1, 0.15) is 0 Å². The maximum absolute atomic E-state index is 10.2. The van der Waals surface area contributed by atoms with Gasteiger partial charge < -0.3 is 9.11 Å². The van der Waals surface area contributed by atoms with Crippen molar-refractivity contribution in [2.45, 2.75) is 25.3 Å². The number of hydrogen-bond donors (Lipinski definition) is 2. The van der Waals surface area contributed by atoms with Gasteiger partial charge in [0.2, 0.25) is 0 Å². The molecule has 9 nitrogen and oxygen atoms in total. The molecule has 120 valence electrons. The molecule has 2 fully saturated rings. The fourth-order valence-electron chi connectivity index (χ4n) is 1.65. The minimum absolute atomic E-state index is 0. The van der Waals surface area contributed by atoms with Crippen molar-refractivity contribution >= 4 is 32.4 Å². The van der Waals surface area contributed by atoms with Crippen molar-refractivity contribution in [3.05, 3.63) is 0 Å². The molecule has 0 saturated carbocycles. The summed E-state index contributed by atoms with van der Waals surface area (Å²) >= 11 is 1.62. The summed E-state index contributed by atoms with van der Waals surface area (Å²) in [6, 6.07) is -0.113. The molecule has 0 bridgehead atoms. The fourth-order valence-corrected chi connectivity index (χ4v) is 3.57. The zero-order valence-corrected chi connectivity index (χ0v) is 19.1. The number of nitrogens with one attached hydrogen (secondary N) is 2. The molecular formula is C8H17N3Na2O6S3. The molecule has 0 aromatic carbocycles. The van der Waals surface area contributed by atoms with Crippen LogP contribution in [-0.2, 0) is 20.6 Å². The van der Waals surface area contributed by atoms with Crippen molar-refractivity contribution < 1.29 is 85.1 Å². The predicted octanol–water partition coefficient (Wildman–Crippen LogP) is -7.40. The van der Waals surface area contributed by atoms with Crippen LogP contribution in [0.5, 0.6) is 0 Å². The van der Waals surface area contributed by atoms with Crippen LogP contribution in [0.1, 0.15) is 19.3 Å². The van der Waals surface area contributed by atoms with Gasteiger partial charge in [0.25, 0.3) is 0 Å². The van der Waals surface area contributed by atoms with Crippen LogP contribution in [0.2, 0.25) is 0 Å². The summed E-state index contributed by atoms with van der Waals surface area (Å²) < 4.78 is 62.4. The van der Waals surface area contributed by atoms with Crippen molar-refractivity contribution in [1.82, 2.24) is 14.6 Å². The molecule has 2 heterocycles. The van der Waals surface area contributed by atoms with Crippen LogP contribution in [0, 0.1) is 0 Å². The zero-order valence-electron chi connectivity index (χ0n) is 12.6. The number of hydrazine groups is 1. The van der Waals surface area contributed by atoms with E-state index in [0.717, 1.165) is 30.8 Å². The molecule has 0 unspecified atom stereocenters. The Morgan fingerprint density at radius 2 is 1.41 bits per heavy atom. The Morgan fingerprint density at radius 3 is 1.68 bits per heavy atom.